The molecule has 3 N–H and O–H groups in total. The van der Waals surface area contributed by atoms with Gasteiger partial charge in [-0.15, -0.1) is 0 Å². The fourth-order valence-corrected chi connectivity index (χ4v) is 5.09. The number of hydrogen-bond donors (Lipinski definition) is 2. The maximum Gasteiger partial charge on any atom is 0.252 e. The van der Waals surface area contributed by atoms with Crippen LogP contribution in [0.15, 0.2) is 6.07 Å². The fourth-order valence-electron chi connectivity index (χ4n) is 4.82. The summed E-state index contributed by atoms with van der Waals surface area (Å²) in [6, 6.07) is 1.55. The molecule has 0 aromatic heterocycles. The number of methoxy groups -OCH3 is 1. The predicted octanol–water partition coefficient (Wildman–Crippen LogP) is 2.74. The Bertz CT molecular complexity index is 712. The van der Waals surface area contributed by atoms with Crippen molar-refractivity contribution in [3.63, 3.8) is 0 Å². The Kier molecular flexibility index (Phi) is 4.88. The average Bonchev–Trinajstić information content (AvgIpc) is 2.85. The third-order valence-electron chi connectivity index (χ3n) is 6.06. The lowest BCUT2D eigenvalue weighted by Crippen LogP contribution is -2.49. The summed E-state index contributed by atoms with van der Waals surface area (Å²) < 4.78 is 12.0. The zero-order chi connectivity index (χ0) is 18.3. The number of carbonyl (C=O) groups excluding carboxylic acids is 1. The van der Waals surface area contributed by atoms with Gasteiger partial charge >= 0.3 is 0 Å². The molecule has 6 nitrogen and oxygen atoms in total. The van der Waals surface area contributed by atoms with Gasteiger partial charge in [0, 0.05) is 25.4 Å². The second kappa shape index (κ2) is 7.16. The highest BCUT2D eigenvalue weighted by molar-refractivity contribution is 6.34. The molecule has 3 aliphatic rings. The topological polar surface area (TPSA) is 76.8 Å². The van der Waals surface area contributed by atoms with Crippen LogP contribution in [0.5, 0.6) is 11.5 Å². The van der Waals surface area contributed by atoms with Gasteiger partial charge in [-0.2, -0.15) is 0 Å². The second-order valence-electron chi connectivity index (χ2n) is 7.53. The number of nitrogens with two attached hydrogens (primary N) is 1. The molecule has 2 saturated heterocycles. The summed E-state index contributed by atoms with van der Waals surface area (Å²) in [5, 5.41) is 3.79. The van der Waals surface area contributed by atoms with E-state index in [1.54, 1.807) is 6.07 Å². The molecular formula is C19H26ClN3O3. The number of amides is 1. The van der Waals surface area contributed by atoms with E-state index in [1.807, 2.05) is 0 Å². The van der Waals surface area contributed by atoms with Gasteiger partial charge in [0.25, 0.3) is 5.91 Å². The molecule has 4 unspecified atom stereocenters. The number of ether oxygens (including phenoxy) is 2. The largest absolute Gasteiger partial charge is 0.492 e. The number of nitrogens with one attached hydrogen (secondary N) is 1. The smallest absolute Gasteiger partial charge is 0.252 e. The quantitative estimate of drug-likeness (QED) is 0.844. The molecule has 1 aromatic rings. The van der Waals surface area contributed by atoms with Crippen LogP contribution in [-0.2, 0) is 0 Å². The van der Waals surface area contributed by atoms with Gasteiger partial charge in [0.05, 0.1) is 23.4 Å². The van der Waals surface area contributed by atoms with Crippen molar-refractivity contribution in [3.05, 3.63) is 16.7 Å². The number of halogens is 1. The molecule has 0 radical (unpaired) electrons. The zero-order valence-corrected chi connectivity index (χ0v) is 15.8. The third kappa shape index (κ3) is 3.09. The summed E-state index contributed by atoms with van der Waals surface area (Å²) in [6.45, 7) is 4.32. The second-order valence-corrected chi connectivity index (χ2v) is 7.94. The fraction of sp³-hybridized carbons (Fsp3) is 0.632. The molecular weight excluding hydrogens is 354 g/mol. The Labute approximate surface area is 158 Å². The average molecular weight is 380 g/mol. The number of carbonyl (C=O) groups is 1. The molecule has 1 aromatic carbocycles. The lowest BCUT2D eigenvalue weighted by atomic mass is 9.76. The first kappa shape index (κ1) is 17.7. The van der Waals surface area contributed by atoms with Gasteiger partial charge in [-0.05, 0) is 44.3 Å². The normalized spacial score (nSPS) is 30.4. The summed E-state index contributed by atoms with van der Waals surface area (Å²) >= 11 is 6.40. The minimum absolute atomic E-state index is 0.0853. The SMILES string of the molecule is COc1c(C(N)=O)cc(Cl)c2c1OC(C1CCN3CCCC1C3)CCN2. The summed E-state index contributed by atoms with van der Waals surface area (Å²) in [6.07, 6.45) is 4.67. The molecule has 4 atom stereocenters. The third-order valence-corrected chi connectivity index (χ3v) is 6.36. The molecule has 2 fully saturated rings. The monoisotopic (exact) mass is 379 g/mol. The number of nitrogens with zero attached hydrogens (tertiary/aromatic N) is 1. The molecule has 1 amide bonds. The minimum Gasteiger partial charge on any atom is -0.492 e. The minimum atomic E-state index is -0.573. The number of piperidine rings is 2. The van der Waals surface area contributed by atoms with E-state index in [0.717, 1.165) is 25.9 Å². The Hall–Kier alpha value is -1.66. The van der Waals surface area contributed by atoms with Crippen molar-refractivity contribution in [1.82, 2.24) is 4.90 Å². The van der Waals surface area contributed by atoms with E-state index in [2.05, 4.69) is 10.2 Å². The van der Waals surface area contributed by atoms with E-state index in [4.69, 9.17) is 26.8 Å². The van der Waals surface area contributed by atoms with Crippen LogP contribution in [0, 0.1) is 11.8 Å². The first-order chi connectivity index (χ1) is 12.6. The van der Waals surface area contributed by atoms with E-state index < -0.39 is 5.91 Å². The van der Waals surface area contributed by atoms with Crippen molar-refractivity contribution in [2.75, 3.05) is 38.6 Å². The van der Waals surface area contributed by atoms with Gasteiger partial charge in [-0.25, -0.2) is 0 Å². The summed E-state index contributed by atoms with van der Waals surface area (Å²) in [4.78, 5) is 14.4. The van der Waals surface area contributed by atoms with E-state index in [9.17, 15) is 4.79 Å². The van der Waals surface area contributed by atoms with Crippen LogP contribution < -0.4 is 20.5 Å². The standard InChI is InChI=1S/C19H26ClN3O3/c1-25-17-13(19(21)24)9-14(20)16-18(17)26-15(4-6-22-16)12-5-8-23-7-2-3-11(12)10-23/h9,11-12,15,22H,2-8,10H2,1H3,(H2,21,24). The lowest BCUT2D eigenvalue weighted by molar-refractivity contribution is 0.00544. The molecule has 3 aliphatic heterocycles. The molecule has 2 bridgehead atoms. The first-order valence-corrected chi connectivity index (χ1v) is 9.79. The van der Waals surface area contributed by atoms with Crippen molar-refractivity contribution in [3.8, 4) is 11.5 Å². The number of fused-ring (bicyclic) bond motifs is 3. The molecule has 0 spiro atoms. The Morgan fingerprint density at radius 3 is 3.00 bits per heavy atom. The maximum absolute atomic E-state index is 11.8. The Morgan fingerprint density at radius 2 is 2.23 bits per heavy atom. The van der Waals surface area contributed by atoms with Crippen LogP contribution in [0.2, 0.25) is 5.02 Å². The molecule has 0 aliphatic carbocycles. The summed E-state index contributed by atoms with van der Waals surface area (Å²) in [5.41, 5.74) is 6.46. The summed E-state index contributed by atoms with van der Waals surface area (Å²) in [5.74, 6) is 1.51. The number of primary amides is 1. The van der Waals surface area contributed by atoms with E-state index >= 15 is 0 Å². The van der Waals surface area contributed by atoms with Crippen LogP contribution in [0.1, 0.15) is 36.0 Å². The highest BCUT2D eigenvalue weighted by Gasteiger charge is 2.39. The van der Waals surface area contributed by atoms with E-state index in [0.29, 0.717) is 34.0 Å². The molecule has 26 heavy (non-hydrogen) atoms. The maximum atomic E-state index is 11.8. The zero-order valence-electron chi connectivity index (χ0n) is 15.1. The van der Waals surface area contributed by atoms with Crippen molar-refractivity contribution in [2.24, 2.45) is 17.6 Å². The number of anilines is 1. The molecule has 0 saturated carbocycles. The number of rotatable bonds is 3. The first-order valence-electron chi connectivity index (χ1n) is 9.41. The van der Waals surface area contributed by atoms with Crippen LogP contribution in [0.25, 0.3) is 0 Å². The molecule has 142 valence electrons. The Balaban J connectivity index is 1.68. The predicted molar refractivity (Wildman–Crippen MR) is 101 cm³/mol. The molecule has 4 rings (SSSR count). The lowest BCUT2D eigenvalue weighted by Gasteiger charge is -2.45. The highest BCUT2D eigenvalue weighted by atomic mass is 35.5. The van der Waals surface area contributed by atoms with E-state index in [1.165, 1.54) is 33.0 Å². The van der Waals surface area contributed by atoms with Crippen LogP contribution in [0.4, 0.5) is 5.69 Å². The van der Waals surface area contributed by atoms with Crippen LogP contribution in [-0.4, -0.2) is 50.2 Å². The van der Waals surface area contributed by atoms with Gasteiger partial charge in [-0.1, -0.05) is 11.6 Å². The highest BCUT2D eigenvalue weighted by Crippen LogP contribution is 2.47. The van der Waals surface area contributed by atoms with Gasteiger partial charge in [0.15, 0.2) is 11.5 Å². The molecule has 7 heteroatoms. The van der Waals surface area contributed by atoms with Crippen LogP contribution >= 0.6 is 11.6 Å². The number of hydrogen-bond acceptors (Lipinski definition) is 5. The van der Waals surface area contributed by atoms with Gasteiger partial charge in [0.2, 0.25) is 0 Å². The Morgan fingerprint density at radius 1 is 1.38 bits per heavy atom. The van der Waals surface area contributed by atoms with Crippen molar-refractivity contribution in [1.29, 1.82) is 0 Å². The van der Waals surface area contributed by atoms with Crippen molar-refractivity contribution in [2.45, 2.75) is 31.8 Å². The summed E-state index contributed by atoms with van der Waals surface area (Å²) in [7, 11) is 1.53. The van der Waals surface area contributed by atoms with Gasteiger partial charge < -0.3 is 25.4 Å². The van der Waals surface area contributed by atoms with Crippen molar-refractivity contribution >= 4 is 23.2 Å². The van der Waals surface area contributed by atoms with Crippen LogP contribution in [0.3, 0.4) is 0 Å². The van der Waals surface area contributed by atoms with Crippen molar-refractivity contribution < 1.29 is 14.3 Å². The number of benzene rings is 1. The van der Waals surface area contributed by atoms with Gasteiger partial charge in [0.1, 0.15) is 6.10 Å². The van der Waals surface area contributed by atoms with Gasteiger partial charge in [-0.3, -0.25) is 4.79 Å². The van der Waals surface area contributed by atoms with E-state index in [-0.39, 0.29) is 11.7 Å². The molecule has 3 heterocycles.